The van der Waals surface area contributed by atoms with E-state index in [4.69, 9.17) is 4.74 Å². The quantitative estimate of drug-likeness (QED) is 0.224. The lowest BCUT2D eigenvalue weighted by Gasteiger charge is -2.45. The normalized spacial score (nSPS) is 34.1. The Morgan fingerprint density at radius 1 is 1.26 bits per heavy atom. The van der Waals surface area contributed by atoms with Crippen molar-refractivity contribution in [2.45, 2.75) is 100 Å². The highest BCUT2D eigenvalue weighted by molar-refractivity contribution is 8.02. The second-order valence-electron chi connectivity index (χ2n) is 11.7. The third-order valence-corrected chi connectivity index (χ3v) is 11.8. The number of carbonyl (C=O) groups excluding carboxylic acids is 3. The van der Waals surface area contributed by atoms with Crippen LogP contribution in [0.1, 0.15) is 72.1 Å². The van der Waals surface area contributed by atoms with Crippen LogP contribution in [0.2, 0.25) is 0 Å². The third kappa shape index (κ3) is 4.74. The molecule has 1 saturated carbocycles. The number of nitrogens with zero attached hydrogens (tertiary/aromatic N) is 2. The summed E-state index contributed by atoms with van der Waals surface area (Å²) in [5.41, 5.74) is 0. The molecule has 8 heteroatoms. The van der Waals surface area contributed by atoms with Gasteiger partial charge in [-0.25, -0.2) is 0 Å². The molecule has 3 unspecified atom stereocenters. The fourth-order valence-corrected chi connectivity index (χ4v) is 10.0. The second kappa shape index (κ2) is 12.2. The molecule has 0 aromatic rings. The number of rotatable bonds is 12. The standard InChI is InChI=1S/C30H46N2O5S/c1-6-9-16-37-29(36)24-23-17-20(5)30(38-23)25(24)27(34)32(22(18-33)19(4)8-3)26(30)28(35)31(15-7-2)21-13-11-10-12-14-21/h6-7,19-26,33H,1-2,8-18H2,3-5H3/t19-,20?,22-,23+,24-,25-,26?,30?/m0/s1. The number of aliphatic hydroxyl groups is 1. The van der Waals surface area contributed by atoms with E-state index in [9.17, 15) is 19.5 Å². The summed E-state index contributed by atoms with van der Waals surface area (Å²) >= 11 is 1.67. The molecule has 0 aromatic carbocycles. The van der Waals surface area contributed by atoms with Crippen LogP contribution >= 0.6 is 11.8 Å². The molecule has 4 fully saturated rings. The van der Waals surface area contributed by atoms with E-state index in [2.05, 4.69) is 20.1 Å². The van der Waals surface area contributed by atoms with E-state index in [1.54, 1.807) is 28.8 Å². The summed E-state index contributed by atoms with van der Waals surface area (Å²) in [6, 6.07) is -1.08. The number of hydrogen-bond acceptors (Lipinski definition) is 6. The average molecular weight is 547 g/mol. The van der Waals surface area contributed by atoms with Crippen molar-refractivity contribution in [3.8, 4) is 0 Å². The Labute approximate surface area is 232 Å². The summed E-state index contributed by atoms with van der Waals surface area (Å²) in [4.78, 5) is 46.3. The van der Waals surface area contributed by atoms with Gasteiger partial charge in [0.05, 0.1) is 35.8 Å². The molecule has 2 amide bonds. The molecule has 7 nitrogen and oxygen atoms in total. The molecule has 1 N–H and O–H groups in total. The number of aliphatic hydroxyl groups excluding tert-OH is 1. The molecule has 4 rings (SSSR count). The molecule has 38 heavy (non-hydrogen) atoms. The first-order chi connectivity index (χ1) is 18.3. The Hall–Kier alpha value is -1.80. The highest BCUT2D eigenvalue weighted by Crippen LogP contribution is 2.69. The first kappa shape index (κ1) is 29.2. The Morgan fingerprint density at radius 3 is 2.58 bits per heavy atom. The van der Waals surface area contributed by atoms with Crippen molar-refractivity contribution in [3.05, 3.63) is 25.3 Å². The zero-order valence-corrected chi connectivity index (χ0v) is 24.2. The van der Waals surface area contributed by atoms with Gasteiger partial charge in [0, 0.05) is 17.8 Å². The first-order valence-electron chi connectivity index (χ1n) is 14.6. The van der Waals surface area contributed by atoms with Gasteiger partial charge in [0.25, 0.3) is 0 Å². The largest absolute Gasteiger partial charge is 0.465 e. The van der Waals surface area contributed by atoms with Gasteiger partial charge in [-0.1, -0.05) is 58.6 Å². The van der Waals surface area contributed by atoms with Crippen LogP contribution in [0.25, 0.3) is 0 Å². The minimum absolute atomic E-state index is 0.00695. The predicted octanol–water partition coefficient (Wildman–Crippen LogP) is 4.20. The summed E-state index contributed by atoms with van der Waals surface area (Å²) < 4.78 is 4.91. The van der Waals surface area contributed by atoms with Crippen LogP contribution in [0.15, 0.2) is 25.3 Å². The molecule has 1 aliphatic carbocycles. The Morgan fingerprint density at radius 2 is 1.97 bits per heavy atom. The molecule has 4 aliphatic rings. The maximum absolute atomic E-state index is 14.7. The van der Waals surface area contributed by atoms with Crippen molar-refractivity contribution in [1.82, 2.24) is 9.80 Å². The summed E-state index contributed by atoms with van der Waals surface area (Å²) in [6.07, 6.45) is 10.8. The van der Waals surface area contributed by atoms with E-state index in [1.165, 1.54) is 6.42 Å². The number of ether oxygens (including phenoxy) is 1. The van der Waals surface area contributed by atoms with Gasteiger partial charge >= 0.3 is 5.97 Å². The lowest BCUT2D eigenvalue weighted by Crippen LogP contribution is -2.61. The number of esters is 1. The first-order valence-corrected chi connectivity index (χ1v) is 15.5. The molecule has 212 valence electrons. The van der Waals surface area contributed by atoms with Gasteiger partial charge in [-0.05, 0) is 37.5 Å². The van der Waals surface area contributed by atoms with Gasteiger partial charge in [-0.2, -0.15) is 0 Å². The van der Waals surface area contributed by atoms with Gasteiger partial charge in [0.2, 0.25) is 11.8 Å². The van der Waals surface area contributed by atoms with Gasteiger partial charge in [-0.3, -0.25) is 14.4 Å². The maximum atomic E-state index is 14.7. The van der Waals surface area contributed by atoms with Crippen molar-refractivity contribution in [2.24, 2.45) is 23.7 Å². The Kier molecular flexibility index (Phi) is 9.34. The average Bonchev–Trinajstić information content (AvgIpc) is 3.51. The van der Waals surface area contributed by atoms with Crippen LogP contribution in [-0.4, -0.2) is 80.6 Å². The molecular weight excluding hydrogens is 500 g/mol. The summed E-state index contributed by atoms with van der Waals surface area (Å²) in [6.45, 7) is 14.3. The smallest absolute Gasteiger partial charge is 0.310 e. The van der Waals surface area contributed by atoms with Crippen molar-refractivity contribution >= 4 is 29.5 Å². The van der Waals surface area contributed by atoms with E-state index in [0.717, 1.165) is 38.5 Å². The van der Waals surface area contributed by atoms with Crippen LogP contribution < -0.4 is 0 Å². The van der Waals surface area contributed by atoms with E-state index >= 15 is 0 Å². The minimum Gasteiger partial charge on any atom is -0.465 e. The minimum atomic E-state index is -0.719. The van der Waals surface area contributed by atoms with Gasteiger partial charge in [0.15, 0.2) is 0 Å². The number of amides is 2. The predicted molar refractivity (Wildman–Crippen MR) is 150 cm³/mol. The number of hydrogen-bond donors (Lipinski definition) is 1. The summed E-state index contributed by atoms with van der Waals surface area (Å²) in [5.74, 6) is -1.67. The Balaban J connectivity index is 1.79. The monoisotopic (exact) mass is 546 g/mol. The molecule has 3 saturated heterocycles. The van der Waals surface area contributed by atoms with E-state index in [-0.39, 0.29) is 54.1 Å². The number of fused-ring (bicyclic) bond motifs is 1. The fourth-order valence-electron chi connectivity index (χ4n) is 7.63. The van der Waals surface area contributed by atoms with Crippen LogP contribution in [-0.2, 0) is 19.1 Å². The number of thioether (sulfide) groups is 1. The van der Waals surface area contributed by atoms with Crippen LogP contribution in [0.4, 0.5) is 0 Å². The molecule has 0 aromatic heterocycles. The second-order valence-corrected chi connectivity index (χ2v) is 13.3. The number of likely N-dealkylation sites (tertiary alicyclic amines) is 1. The summed E-state index contributed by atoms with van der Waals surface area (Å²) in [5, 5.41) is 10.5. The molecule has 2 bridgehead atoms. The summed E-state index contributed by atoms with van der Waals surface area (Å²) in [7, 11) is 0. The zero-order chi connectivity index (χ0) is 27.6. The lowest BCUT2D eigenvalue weighted by molar-refractivity contribution is -0.155. The highest BCUT2D eigenvalue weighted by atomic mass is 32.2. The fraction of sp³-hybridized carbons (Fsp3) is 0.767. The van der Waals surface area contributed by atoms with Crippen molar-refractivity contribution < 1.29 is 24.2 Å². The van der Waals surface area contributed by atoms with Crippen molar-refractivity contribution in [1.29, 1.82) is 0 Å². The molecular formula is C30H46N2O5S. The van der Waals surface area contributed by atoms with Crippen LogP contribution in [0.3, 0.4) is 0 Å². The molecule has 3 aliphatic heterocycles. The van der Waals surface area contributed by atoms with Gasteiger partial charge in [-0.15, -0.1) is 24.9 Å². The zero-order valence-electron chi connectivity index (χ0n) is 23.3. The van der Waals surface area contributed by atoms with Crippen LogP contribution in [0, 0.1) is 23.7 Å². The molecule has 8 atom stereocenters. The van der Waals surface area contributed by atoms with Crippen LogP contribution in [0.5, 0.6) is 0 Å². The van der Waals surface area contributed by atoms with Gasteiger partial charge < -0.3 is 19.6 Å². The Bertz CT molecular complexity index is 920. The van der Waals surface area contributed by atoms with E-state index in [1.807, 2.05) is 18.7 Å². The van der Waals surface area contributed by atoms with Gasteiger partial charge in [0.1, 0.15) is 6.04 Å². The lowest BCUT2D eigenvalue weighted by atomic mass is 9.66. The maximum Gasteiger partial charge on any atom is 0.310 e. The van der Waals surface area contributed by atoms with E-state index in [0.29, 0.717) is 13.0 Å². The highest BCUT2D eigenvalue weighted by Gasteiger charge is 2.77. The number of carbonyl (C=O) groups is 3. The SMILES string of the molecule is C=CCCOC(=O)[C@@H]1[C@H]2C(=O)N([C@@H](CO)[C@@H](C)CC)C(C(=O)N(CC=C)C3CCCCC3)C23S[C@@H]1CC3C. The van der Waals surface area contributed by atoms with Crippen molar-refractivity contribution in [3.63, 3.8) is 0 Å². The molecule has 0 radical (unpaired) electrons. The van der Waals surface area contributed by atoms with E-state index < -0.39 is 28.7 Å². The van der Waals surface area contributed by atoms with Crippen molar-refractivity contribution in [2.75, 3.05) is 19.8 Å². The molecule has 1 spiro atoms. The molecule has 3 heterocycles. The third-order valence-electron chi connectivity index (χ3n) is 9.73. The topological polar surface area (TPSA) is 87.1 Å².